The first kappa shape index (κ1) is 20.5. The van der Waals surface area contributed by atoms with Crippen molar-refractivity contribution in [2.24, 2.45) is 0 Å². The zero-order valence-corrected chi connectivity index (χ0v) is 17.6. The Bertz CT molecular complexity index is 1170. The summed E-state index contributed by atoms with van der Waals surface area (Å²) in [5, 5.41) is 13.8. The van der Waals surface area contributed by atoms with Gasteiger partial charge in [0, 0.05) is 25.8 Å². The topological polar surface area (TPSA) is 86.9 Å². The van der Waals surface area contributed by atoms with E-state index in [1.807, 2.05) is 6.07 Å². The largest absolute Gasteiger partial charge is 0.501 e. The van der Waals surface area contributed by atoms with Crippen molar-refractivity contribution in [3.8, 4) is 5.75 Å². The average molecular weight is 447 g/mol. The molecule has 9 heteroatoms. The molecule has 1 amide bonds. The predicted octanol–water partition coefficient (Wildman–Crippen LogP) is 3.63. The smallest absolute Gasteiger partial charge is 0.300 e. The van der Waals surface area contributed by atoms with Gasteiger partial charge >= 0.3 is 5.56 Å². The summed E-state index contributed by atoms with van der Waals surface area (Å²) in [5.41, 5.74) is 0.908. The first-order valence-electron chi connectivity index (χ1n) is 9.66. The standard InChI is InChI=1S/C21H20Cl2N4O3/c22-15-6-4-13(10-16(15)23)11-24-20(29)18-19(28)21(30)27-12-14(5-7-17(27)25-18)26-8-2-1-3-9-26/h4-7,10,12,28H,1-3,8-9,11H2,(H,24,29). The highest BCUT2D eigenvalue weighted by atomic mass is 35.5. The van der Waals surface area contributed by atoms with Crippen molar-refractivity contribution in [2.75, 3.05) is 18.0 Å². The summed E-state index contributed by atoms with van der Waals surface area (Å²) in [6, 6.07) is 8.54. The van der Waals surface area contributed by atoms with Crippen LogP contribution in [0, 0.1) is 0 Å². The second kappa shape index (κ2) is 8.53. The van der Waals surface area contributed by atoms with E-state index in [2.05, 4.69) is 15.2 Å². The number of piperidine rings is 1. The number of carbonyl (C=O) groups is 1. The lowest BCUT2D eigenvalue weighted by Crippen LogP contribution is -2.30. The lowest BCUT2D eigenvalue weighted by Gasteiger charge is -2.28. The van der Waals surface area contributed by atoms with Crippen LogP contribution in [-0.4, -0.2) is 33.5 Å². The van der Waals surface area contributed by atoms with E-state index in [4.69, 9.17) is 23.2 Å². The third kappa shape index (κ3) is 4.08. The molecule has 0 radical (unpaired) electrons. The van der Waals surface area contributed by atoms with Gasteiger partial charge in [-0.2, -0.15) is 0 Å². The highest BCUT2D eigenvalue weighted by Crippen LogP contribution is 2.23. The lowest BCUT2D eigenvalue weighted by atomic mass is 10.1. The lowest BCUT2D eigenvalue weighted by molar-refractivity contribution is 0.0942. The Morgan fingerprint density at radius 3 is 2.60 bits per heavy atom. The molecule has 1 aliphatic rings. The van der Waals surface area contributed by atoms with Gasteiger partial charge in [0.15, 0.2) is 5.69 Å². The number of hydrogen-bond donors (Lipinski definition) is 2. The van der Waals surface area contributed by atoms with Gasteiger partial charge in [-0.1, -0.05) is 29.3 Å². The van der Waals surface area contributed by atoms with Crippen LogP contribution in [0.4, 0.5) is 5.69 Å². The van der Waals surface area contributed by atoms with Gasteiger partial charge in [0.05, 0.1) is 15.7 Å². The number of fused-ring (bicyclic) bond motifs is 1. The van der Waals surface area contributed by atoms with E-state index in [0.29, 0.717) is 15.7 Å². The van der Waals surface area contributed by atoms with E-state index >= 15 is 0 Å². The van der Waals surface area contributed by atoms with Crippen LogP contribution < -0.4 is 15.8 Å². The molecule has 0 bridgehead atoms. The number of halogens is 2. The number of rotatable bonds is 4. The van der Waals surface area contributed by atoms with Crippen LogP contribution in [0.2, 0.25) is 10.0 Å². The molecule has 0 atom stereocenters. The fourth-order valence-electron chi connectivity index (χ4n) is 3.53. The Morgan fingerprint density at radius 2 is 1.87 bits per heavy atom. The van der Waals surface area contributed by atoms with Gasteiger partial charge in [-0.05, 0) is 49.1 Å². The number of aromatic nitrogens is 2. The Morgan fingerprint density at radius 1 is 1.10 bits per heavy atom. The van der Waals surface area contributed by atoms with Gasteiger partial charge in [-0.3, -0.25) is 14.0 Å². The third-order valence-electron chi connectivity index (χ3n) is 5.16. The SMILES string of the molecule is O=C(NCc1ccc(Cl)c(Cl)c1)c1nc2ccc(N3CCCCC3)cn2c(=O)c1O. The molecule has 0 spiro atoms. The number of aromatic hydroxyl groups is 1. The first-order valence-corrected chi connectivity index (χ1v) is 10.4. The Kier molecular flexibility index (Phi) is 5.83. The van der Waals surface area contributed by atoms with Crippen LogP contribution in [0.3, 0.4) is 0 Å². The Balaban J connectivity index is 1.59. The molecule has 30 heavy (non-hydrogen) atoms. The molecular weight excluding hydrogens is 427 g/mol. The molecule has 2 N–H and O–H groups in total. The highest BCUT2D eigenvalue weighted by molar-refractivity contribution is 6.42. The number of carbonyl (C=O) groups excluding carboxylic acids is 1. The quantitative estimate of drug-likeness (QED) is 0.638. The molecule has 4 rings (SSSR count). The molecule has 3 aromatic rings. The summed E-state index contributed by atoms with van der Waals surface area (Å²) < 4.78 is 1.27. The van der Waals surface area contributed by atoms with Gasteiger partial charge in [0.2, 0.25) is 5.75 Å². The molecule has 0 aliphatic carbocycles. The number of nitrogens with zero attached hydrogens (tertiary/aromatic N) is 3. The van der Waals surface area contributed by atoms with Crippen molar-refractivity contribution in [1.82, 2.24) is 14.7 Å². The third-order valence-corrected chi connectivity index (χ3v) is 5.90. The minimum absolute atomic E-state index is 0.143. The highest BCUT2D eigenvalue weighted by Gasteiger charge is 2.20. The normalized spacial score (nSPS) is 14.1. The minimum atomic E-state index is -0.685. The maximum atomic E-state index is 12.7. The van der Waals surface area contributed by atoms with Crippen molar-refractivity contribution in [2.45, 2.75) is 25.8 Å². The number of anilines is 1. The van der Waals surface area contributed by atoms with Crippen LogP contribution in [-0.2, 0) is 6.54 Å². The van der Waals surface area contributed by atoms with E-state index in [9.17, 15) is 14.7 Å². The van der Waals surface area contributed by atoms with E-state index < -0.39 is 17.2 Å². The van der Waals surface area contributed by atoms with E-state index in [1.165, 1.54) is 10.8 Å². The summed E-state index contributed by atoms with van der Waals surface area (Å²) >= 11 is 11.9. The molecule has 7 nitrogen and oxygen atoms in total. The number of hydrogen-bond acceptors (Lipinski definition) is 5. The molecule has 1 saturated heterocycles. The fourth-order valence-corrected chi connectivity index (χ4v) is 3.85. The molecule has 0 unspecified atom stereocenters. The minimum Gasteiger partial charge on any atom is -0.501 e. The van der Waals surface area contributed by atoms with Crippen LogP contribution >= 0.6 is 23.2 Å². The van der Waals surface area contributed by atoms with Gasteiger partial charge in [0.1, 0.15) is 5.65 Å². The van der Waals surface area contributed by atoms with E-state index in [1.54, 1.807) is 30.5 Å². The average Bonchev–Trinajstić information content (AvgIpc) is 2.77. The first-order chi connectivity index (χ1) is 14.4. The molecule has 1 fully saturated rings. The molecule has 3 heterocycles. The molecule has 1 aliphatic heterocycles. The zero-order valence-electron chi connectivity index (χ0n) is 16.1. The van der Waals surface area contributed by atoms with Crippen LogP contribution in [0.1, 0.15) is 35.3 Å². The van der Waals surface area contributed by atoms with Gasteiger partial charge in [-0.15, -0.1) is 0 Å². The van der Waals surface area contributed by atoms with Crippen LogP contribution in [0.15, 0.2) is 41.3 Å². The summed E-state index contributed by atoms with van der Waals surface area (Å²) in [5.74, 6) is -1.34. The predicted molar refractivity (Wildman–Crippen MR) is 117 cm³/mol. The Labute approximate surface area is 182 Å². The van der Waals surface area contributed by atoms with E-state index in [-0.39, 0.29) is 12.2 Å². The fraction of sp³-hybridized carbons (Fsp3) is 0.286. The number of amides is 1. The Hall–Kier alpha value is -2.77. The van der Waals surface area contributed by atoms with Crippen molar-refractivity contribution < 1.29 is 9.90 Å². The number of benzene rings is 1. The van der Waals surface area contributed by atoms with E-state index in [0.717, 1.165) is 37.2 Å². The van der Waals surface area contributed by atoms with Gasteiger partial charge in [0.25, 0.3) is 5.91 Å². The number of pyridine rings is 1. The summed E-state index contributed by atoms with van der Waals surface area (Å²) in [4.78, 5) is 31.6. The summed E-state index contributed by atoms with van der Waals surface area (Å²) in [7, 11) is 0. The summed E-state index contributed by atoms with van der Waals surface area (Å²) in [6.45, 7) is 1.99. The van der Waals surface area contributed by atoms with Gasteiger partial charge in [-0.25, -0.2) is 4.98 Å². The molecule has 156 valence electrons. The van der Waals surface area contributed by atoms with Crippen molar-refractivity contribution >= 4 is 40.4 Å². The van der Waals surface area contributed by atoms with Crippen LogP contribution in [0.5, 0.6) is 5.75 Å². The van der Waals surface area contributed by atoms with Crippen LogP contribution in [0.25, 0.3) is 5.65 Å². The maximum Gasteiger partial charge on any atom is 0.300 e. The number of nitrogens with one attached hydrogen (secondary N) is 1. The van der Waals surface area contributed by atoms with Crippen molar-refractivity contribution in [1.29, 1.82) is 0 Å². The molecule has 2 aromatic heterocycles. The van der Waals surface area contributed by atoms with Gasteiger partial charge < -0.3 is 15.3 Å². The molecule has 0 saturated carbocycles. The summed E-state index contributed by atoms with van der Waals surface area (Å²) in [6.07, 6.45) is 5.07. The maximum absolute atomic E-state index is 12.7. The molecule has 1 aromatic carbocycles. The second-order valence-electron chi connectivity index (χ2n) is 7.21. The molecular formula is C21H20Cl2N4O3. The monoisotopic (exact) mass is 446 g/mol. The van der Waals surface area contributed by atoms with Crippen molar-refractivity contribution in [3.63, 3.8) is 0 Å². The zero-order chi connectivity index (χ0) is 21.3. The van der Waals surface area contributed by atoms with Crippen molar-refractivity contribution in [3.05, 3.63) is 68.2 Å². The second-order valence-corrected chi connectivity index (χ2v) is 8.02.